The number of hydrogen-bond donors (Lipinski definition) is 0. The second-order valence-electron chi connectivity index (χ2n) is 12.2. The summed E-state index contributed by atoms with van der Waals surface area (Å²) in [6, 6.07) is 64.0. The molecular formula is C46H29BrS2. The molecule has 0 aliphatic carbocycles. The SMILES string of the molecule is Brc1c(Sc2cccc(-c3cc4ccccc4c4ccccc34)c2)cccc1Sc1cccc(-c2cc3ccccc3c3ccccc23)c1. The maximum Gasteiger partial charge on any atom is 0.0454 e. The van der Waals surface area contributed by atoms with E-state index in [2.05, 4.69) is 192 Å². The largest absolute Gasteiger partial charge is 0.0889 e. The molecule has 0 bridgehead atoms. The monoisotopic (exact) mass is 724 g/mol. The Kier molecular flexibility index (Phi) is 7.97. The molecular weight excluding hydrogens is 697 g/mol. The van der Waals surface area contributed by atoms with E-state index in [4.69, 9.17) is 0 Å². The van der Waals surface area contributed by atoms with Crippen molar-refractivity contribution in [2.24, 2.45) is 0 Å². The number of fused-ring (bicyclic) bond motifs is 6. The van der Waals surface area contributed by atoms with Crippen LogP contribution in [0.4, 0.5) is 0 Å². The first-order chi connectivity index (χ1) is 24.2. The summed E-state index contributed by atoms with van der Waals surface area (Å²) >= 11 is 7.60. The van der Waals surface area contributed by atoms with Crippen LogP contribution in [0.3, 0.4) is 0 Å². The highest BCUT2D eigenvalue weighted by atomic mass is 79.9. The number of benzene rings is 9. The van der Waals surface area contributed by atoms with Crippen molar-refractivity contribution in [1.29, 1.82) is 0 Å². The standard InChI is InChI=1S/C46H29BrS2/c47-46-44(48-34-16-9-14-30(26-34)42-28-32-12-1-3-18-36(32)38-20-5-7-22-40(38)42)24-11-25-45(46)49-35-17-10-15-31(27-35)43-29-33-13-2-4-19-37(33)39-21-6-8-23-41(39)43/h1-29H. The molecule has 0 saturated carbocycles. The Labute approximate surface area is 303 Å². The van der Waals surface area contributed by atoms with E-state index >= 15 is 0 Å². The van der Waals surface area contributed by atoms with Crippen molar-refractivity contribution in [2.45, 2.75) is 19.6 Å². The van der Waals surface area contributed by atoms with Gasteiger partial charge in [-0.3, -0.25) is 0 Å². The van der Waals surface area contributed by atoms with Gasteiger partial charge in [0, 0.05) is 24.1 Å². The van der Waals surface area contributed by atoms with Crippen LogP contribution in [0.5, 0.6) is 0 Å². The summed E-state index contributed by atoms with van der Waals surface area (Å²) in [5.74, 6) is 0. The van der Waals surface area contributed by atoms with Gasteiger partial charge in [-0.15, -0.1) is 0 Å². The molecule has 232 valence electrons. The molecule has 0 unspecified atom stereocenters. The lowest BCUT2D eigenvalue weighted by Crippen LogP contribution is -1.86. The Bertz CT molecular complexity index is 2510. The first-order valence-electron chi connectivity index (χ1n) is 16.4. The predicted octanol–water partition coefficient (Wildman–Crippen LogP) is 14.7. The molecule has 0 atom stereocenters. The summed E-state index contributed by atoms with van der Waals surface area (Å²) in [4.78, 5) is 4.81. The van der Waals surface area contributed by atoms with Gasteiger partial charge in [0.25, 0.3) is 0 Å². The molecule has 0 saturated heterocycles. The molecule has 0 amide bonds. The molecule has 0 aliphatic rings. The van der Waals surface area contributed by atoms with Crippen molar-refractivity contribution in [1.82, 2.24) is 0 Å². The van der Waals surface area contributed by atoms with Crippen LogP contribution in [0.1, 0.15) is 0 Å². The van der Waals surface area contributed by atoms with Crippen molar-refractivity contribution in [3.63, 3.8) is 0 Å². The van der Waals surface area contributed by atoms with Crippen LogP contribution < -0.4 is 0 Å². The Hall–Kier alpha value is -4.80. The highest BCUT2D eigenvalue weighted by Crippen LogP contribution is 2.44. The van der Waals surface area contributed by atoms with E-state index in [-0.39, 0.29) is 0 Å². The minimum absolute atomic E-state index is 1.12. The van der Waals surface area contributed by atoms with Gasteiger partial charge >= 0.3 is 0 Å². The van der Waals surface area contributed by atoms with E-state index in [1.54, 1.807) is 23.5 Å². The lowest BCUT2D eigenvalue weighted by molar-refractivity contribution is 1.26. The van der Waals surface area contributed by atoms with E-state index in [1.807, 2.05) is 0 Å². The molecule has 0 nitrogen and oxygen atoms in total. The van der Waals surface area contributed by atoms with Crippen LogP contribution >= 0.6 is 39.5 Å². The maximum absolute atomic E-state index is 4.00. The normalized spacial score (nSPS) is 11.5. The number of hydrogen-bond acceptors (Lipinski definition) is 2. The van der Waals surface area contributed by atoms with Crippen LogP contribution in [0, 0.1) is 0 Å². The molecule has 49 heavy (non-hydrogen) atoms. The number of rotatable bonds is 6. The lowest BCUT2D eigenvalue weighted by Gasteiger charge is -2.14. The second-order valence-corrected chi connectivity index (χ2v) is 15.2. The molecule has 0 heterocycles. The summed E-state index contributed by atoms with van der Waals surface area (Å²) in [6.45, 7) is 0. The number of halogens is 1. The van der Waals surface area contributed by atoms with Gasteiger partial charge in [0.1, 0.15) is 0 Å². The zero-order valence-corrected chi connectivity index (χ0v) is 29.7. The van der Waals surface area contributed by atoms with E-state index in [0.717, 1.165) is 4.47 Å². The van der Waals surface area contributed by atoms with Gasteiger partial charge in [0.15, 0.2) is 0 Å². The van der Waals surface area contributed by atoms with Crippen molar-refractivity contribution < 1.29 is 0 Å². The molecule has 0 spiro atoms. The third kappa shape index (κ3) is 5.72. The van der Waals surface area contributed by atoms with E-state index in [9.17, 15) is 0 Å². The average Bonchev–Trinajstić information content (AvgIpc) is 3.16. The topological polar surface area (TPSA) is 0 Å². The van der Waals surface area contributed by atoms with Crippen LogP contribution in [-0.4, -0.2) is 0 Å². The highest BCUT2D eigenvalue weighted by Gasteiger charge is 2.14. The van der Waals surface area contributed by atoms with E-state index in [0.29, 0.717) is 0 Å². The van der Waals surface area contributed by atoms with Crippen molar-refractivity contribution in [3.05, 3.63) is 180 Å². The smallest absolute Gasteiger partial charge is 0.0454 e. The van der Waals surface area contributed by atoms with Crippen LogP contribution in [0.2, 0.25) is 0 Å². The van der Waals surface area contributed by atoms with Gasteiger partial charge in [-0.25, -0.2) is 0 Å². The zero-order chi connectivity index (χ0) is 32.7. The lowest BCUT2D eigenvalue weighted by atomic mass is 9.93. The minimum atomic E-state index is 1.12. The van der Waals surface area contributed by atoms with Crippen LogP contribution in [-0.2, 0) is 0 Å². The summed E-state index contributed by atoms with van der Waals surface area (Å²) in [7, 11) is 0. The van der Waals surface area contributed by atoms with Gasteiger partial charge in [0.05, 0.1) is 0 Å². The van der Waals surface area contributed by atoms with E-state index in [1.165, 1.54) is 84.9 Å². The fourth-order valence-corrected chi connectivity index (χ4v) is 9.62. The molecule has 0 N–H and O–H groups in total. The minimum Gasteiger partial charge on any atom is -0.0889 e. The van der Waals surface area contributed by atoms with Crippen molar-refractivity contribution >= 4 is 82.5 Å². The summed E-state index contributed by atoms with van der Waals surface area (Å²) in [5, 5.41) is 10.3. The fourth-order valence-electron chi connectivity index (χ4n) is 6.94. The molecule has 3 heteroatoms. The summed E-state index contributed by atoms with van der Waals surface area (Å²) < 4.78 is 1.12. The van der Waals surface area contributed by atoms with Gasteiger partial charge in [-0.05, 0) is 130 Å². The third-order valence-corrected chi connectivity index (χ3v) is 12.7. The Morgan fingerprint density at radius 1 is 0.327 bits per heavy atom. The summed E-state index contributed by atoms with van der Waals surface area (Å²) in [6.07, 6.45) is 0. The van der Waals surface area contributed by atoms with Crippen molar-refractivity contribution in [2.75, 3.05) is 0 Å². The predicted molar refractivity (Wildman–Crippen MR) is 216 cm³/mol. The van der Waals surface area contributed by atoms with Gasteiger partial charge in [0.2, 0.25) is 0 Å². The molecule has 9 rings (SSSR count). The molecule has 9 aromatic carbocycles. The molecule has 0 radical (unpaired) electrons. The first kappa shape index (κ1) is 30.3. The first-order valence-corrected chi connectivity index (χ1v) is 18.8. The average molecular weight is 726 g/mol. The van der Waals surface area contributed by atoms with Crippen LogP contribution in [0.15, 0.2) is 200 Å². The van der Waals surface area contributed by atoms with Gasteiger partial charge in [-0.2, -0.15) is 0 Å². The van der Waals surface area contributed by atoms with Crippen LogP contribution in [0.25, 0.3) is 65.3 Å². The Morgan fingerprint density at radius 3 is 1.18 bits per heavy atom. The Balaban J connectivity index is 1.03. The summed E-state index contributed by atoms with van der Waals surface area (Å²) in [5.41, 5.74) is 4.98. The van der Waals surface area contributed by atoms with Gasteiger partial charge in [-0.1, -0.05) is 151 Å². The van der Waals surface area contributed by atoms with Crippen molar-refractivity contribution in [3.8, 4) is 22.3 Å². The fraction of sp³-hybridized carbons (Fsp3) is 0. The zero-order valence-electron chi connectivity index (χ0n) is 26.4. The highest BCUT2D eigenvalue weighted by molar-refractivity contribution is 9.10. The second kappa shape index (κ2) is 12.9. The van der Waals surface area contributed by atoms with E-state index < -0.39 is 0 Å². The molecule has 0 fully saturated rings. The Morgan fingerprint density at radius 2 is 0.714 bits per heavy atom. The van der Waals surface area contributed by atoms with Gasteiger partial charge < -0.3 is 0 Å². The molecule has 0 aromatic heterocycles. The maximum atomic E-state index is 4.00. The third-order valence-electron chi connectivity index (χ3n) is 9.21. The molecule has 9 aromatic rings. The quantitative estimate of drug-likeness (QED) is 0.157. The molecule has 0 aliphatic heterocycles.